The summed E-state index contributed by atoms with van der Waals surface area (Å²) in [6, 6.07) is 6.10. The molecule has 3 rings (SSSR count). The van der Waals surface area contributed by atoms with Crippen molar-refractivity contribution in [3.8, 4) is 11.5 Å². The number of nitrogens with zero attached hydrogens (tertiary/aromatic N) is 2. The molecule has 0 radical (unpaired) electrons. The van der Waals surface area contributed by atoms with Crippen molar-refractivity contribution in [2.45, 2.75) is 0 Å². The minimum Gasteiger partial charge on any atom is -0.454 e. The van der Waals surface area contributed by atoms with Crippen molar-refractivity contribution in [2.75, 3.05) is 44.4 Å². The Morgan fingerprint density at radius 1 is 1.24 bits per heavy atom. The van der Waals surface area contributed by atoms with Gasteiger partial charge in [0.1, 0.15) is 0 Å². The maximum Gasteiger partial charge on any atom is 0.231 e. The van der Waals surface area contributed by atoms with Gasteiger partial charge in [-0.1, -0.05) is 6.08 Å². The van der Waals surface area contributed by atoms with Crippen molar-refractivity contribution >= 4 is 23.0 Å². The van der Waals surface area contributed by atoms with Gasteiger partial charge in [0.05, 0.1) is 0 Å². The van der Waals surface area contributed by atoms with Crippen LogP contribution in [0.2, 0.25) is 0 Å². The number of anilines is 1. The van der Waals surface area contributed by atoms with Crippen LogP contribution in [0, 0.1) is 0 Å². The number of rotatable bonds is 3. The van der Waals surface area contributed by atoms with E-state index < -0.39 is 0 Å². The van der Waals surface area contributed by atoms with Crippen molar-refractivity contribution in [1.82, 2.24) is 10.2 Å². The summed E-state index contributed by atoms with van der Waals surface area (Å²) < 4.78 is 10.8. The van der Waals surface area contributed by atoms with Gasteiger partial charge >= 0.3 is 0 Å². The Labute approximate surface area is 130 Å². The molecule has 2 heterocycles. The fraction of sp³-hybridized carbons (Fsp3) is 0.400. The van der Waals surface area contributed by atoms with Crippen molar-refractivity contribution in [3.63, 3.8) is 0 Å². The third kappa shape index (κ3) is 3.05. The molecular weight excluding hydrogens is 286 g/mol. The number of thiocarbonyl (C=S) groups is 1. The molecule has 0 aliphatic carbocycles. The molecule has 0 amide bonds. The molecule has 1 saturated heterocycles. The molecule has 1 aromatic rings. The lowest BCUT2D eigenvalue weighted by Crippen LogP contribution is -2.51. The smallest absolute Gasteiger partial charge is 0.231 e. The van der Waals surface area contributed by atoms with Gasteiger partial charge in [0, 0.05) is 44.5 Å². The molecule has 1 aromatic carbocycles. The Morgan fingerprint density at radius 2 is 2.00 bits per heavy atom. The normalized spacial score (nSPS) is 16.8. The van der Waals surface area contributed by atoms with E-state index in [1.807, 2.05) is 18.2 Å². The number of nitrogens with one attached hydrogen (secondary N) is 1. The minimum absolute atomic E-state index is 0.315. The first-order chi connectivity index (χ1) is 10.3. The van der Waals surface area contributed by atoms with E-state index in [-0.39, 0.29) is 0 Å². The van der Waals surface area contributed by atoms with E-state index in [0.717, 1.165) is 42.8 Å². The van der Waals surface area contributed by atoms with Gasteiger partial charge in [-0.05, 0) is 24.4 Å². The molecule has 112 valence electrons. The second-order valence-electron chi connectivity index (χ2n) is 4.99. The van der Waals surface area contributed by atoms with Crippen molar-refractivity contribution < 1.29 is 9.47 Å². The number of fused-ring (bicyclic) bond motifs is 1. The standard InChI is InChI=1S/C15H19N3O2S/c1-2-5-16-15(21)18-8-6-17(7-9-18)12-3-4-13-14(10-12)20-11-19-13/h2-4,10H,1,5-9,11H2,(H,16,21). The first-order valence-electron chi connectivity index (χ1n) is 7.06. The number of hydrogen-bond donors (Lipinski definition) is 1. The van der Waals surface area contributed by atoms with Crippen LogP contribution in [0.25, 0.3) is 0 Å². The summed E-state index contributed by atoms with van der Waals surface area (Å²) in [5, 5.41) is 3.98. The average Bonchev–Trinajstić information content (AvgIpc) is 3.00. The van der Waals surface area contributed by atoms with Crippen LogP contribution >= 0.6 is 12.2 Å². The lowest BCUT2D eigenvalue weighted by molar-refractivity contribution is 0.174. The summed E-state index contributed by atoms with van der Waals surface area (Å²) in [6.45, 7) is 8.42. The highest BCUT2D eigenvalue weighted by Gasteiger charge is 2.21. The van der Waals surface area contributed by atoms with Gasteiger partial charge in [-0.25, -0.2) is 0 Å². The van der Waals surface area contributed by atoms with Crippen LogP contribution in [0.5, 0.6) is 11.5 Å². The zero-order valence-corrected chi connectivity index (χ0v) is 12.7. The van der Waals surface area contributed by atoms with Crippen LogP contribution in [0.15, 0.2) is 30.9 Å². The third-order valence-corrected chi connectivity index (χ3v) is 4.09. The molecular formula is C15H19N3O2S. The quantitative estimate of drug-likeness (QED) is 0.675. The first kappa shape index (κ1) is 14.0. The molecule has 0 atom stereocenters. The molecule has 2 aliphatic rings. The van der Waals surface area contributed by atoms with Gasteiger partial charge in [0.15, 0.2) is 16.6 Å². The molecule has 5 nitrogen and oxygen atoms in total. The number of benzene rings is 1. The van der Waals surface area contributed by atoms with Gasteiger partial charge in [0.25, 0.3) is 0 Å². The number of ether oxygens (including phenoxy) is 2. The topological polar surface area (TPSA) is 37.0 Å². The van der Waals surface area contributed by atoms with Crippen LogP contribution in [0.4, 0.5) is 5.69 Å². The van der Waals surface area contributed by atoms with Gasteiger partial charge in [0.2, 0.25) is 6.79 Å². The highest BCUT2D eigenvalue weighted by molar-refractivity contribution is 7.80. The summed E-state index contributed by atoms with van der Waals surface area (Å²) in [4.78, 5) is 4.54. The van der Waals surface area contributed by atoms with Crippen LogP contribution < -0.4 is 19.7 Å². The zero-order valence-electron chi connectivity index (χ0n) is 11.9. The molecule has 0 spiro atoms. The van der Waals surface area contributed by atoms with Gasteiger partial charge in [-0.3, -0.25) is 0 Å². The van der Waals surface area contributed by atoms with Crippen LogP contribution in [0.1, 0.15) is 0 Å². The van der Waals surface area contributed by atoms with Crippen LogP contribution in [-0.2, 0) is 0 Å². The van der Waals surface area contributed by atoms with Gasteiger partial charge in [-0.15, -0.1) is 6.58 Å². The van der Waals surface area contributed by atoms with E-state index in [1.54, 1.807) is 0 Å². The van der Waals surface area contributed by atoms with E-state index in [9.17, 15) is 0 Å². The van der Waals surface area contributed by atoms with Crippen molar-refractivity contribution in [1.29, 1.82) is 0 Å². The van der Waals surface area contributed by atoms with Gasteiger partial charge < -0.3 is 24.6 Å². The molecule has 0 unspecified atom stereocenters. The highest BCUT2D eigenvalue weighted by atomic mass is 32.1. The largest absolute Gasteiger partial charge is 0.454 e. The second-order valence-corrected chi connectivity index (χ2v) is 5.37. The van der Waals surface area contributed by atoms with E-state index >= 15 is 0 Å². The summed E-state index contributed by atoms with van der Waals surface area (Å²) in [6.07, 6.45) is 1.81. The van der Waals surface area contributed by atoms with Crippen LogP contribution in [-0.4, -0.2) is 49.5 Å². The number of piperazine rings is 1. The van der Waals surface area contributed by atoms with E-state index in [4.69, 9.17) is 21.7 Å². The van der Waals surface area contributed by atoms with Crippen molar-refractivity contribution in [2.24, 2.45) is 0 Å². The Balaban J connectivity index is 1.58. The predicted octanol–water partition coefficient (Wildman–Crippen LogP) is 1.60. The molecule has 21 heavy (non-hydrogen) atoms. The predicted molar refractivity (Wildman–Crippen MR) is 87.1 cm³/mol. The maximum absolute atomic E-state index is 5.43. The Morgan fingerprint density at radius 3 is 2.76 bits per heavy atom. The monoisotopic (exact) mass is 305 g/mol. The summed E-state index contributed by atoms with van der Waals surface area (Å²) in [7, 11) is 0. The Kier molecular flexibility index (Phi) is 4.15. The lowest BCUT2D eigenvalue weighted by Gasteiger charge is -2.37. The number of hydrogen-bond acceptors (Lipinski definition) is 4. The zero-order chi connectivity index (χ0) is 14.7. The lowest BCUT2D eigenvalue weighted by atomic mass is 10.2. The van der Waals surface area contributed by atoms with Crippen molar-refractivity contribution in [3.05, 3.63) is 30.9 Å². The molecule has 1 fully saturated rings. The summed E-state index contributed by atoms with van der Waals surface area (Å²) in [5.41, 5.74) is 1.17. The molecule has 6 heteroatoms. The first-order valence-corrected chi connectivity index (χ1v) is 7.47. The average molecular weight is 305 g/mol. The second kappa shape index (κ2) is 6.22. The molecule has 0 saturated carbocycles. The maximum atomic E-state index is 5.43. The Hall–Kier alpha value is -1.95. The highest BCUT2D eigenvalue weighted by Crippen LogP contribution is 2.35. The SMILES string of the molecule is C=CCNC(=S)N1CCN(c2ccc3c(c2)OCO3)CC1. The van der Waals surface area contributed by atoms with Crippen LogP contribution in [0.3, 0.4) is 0 Å². The fourth-order valence-electron chi connectivity index (χ4n) is 2.52. The fourth-order valence-corrected chi connectivity index (χ4v) is 2.79. The molecule has 0 aromatic heterocycles. The minimum atomic E-state index is 0.315. The Bertz CT molecular complexity index is 542. The summed E-state index contributed by atoms with van der Waals surface area (Å²) in [5.74, 6) is 1.66. The van der Waals surface area contributed by atoms with E-state index in [0.29, 0.717) is 13.3 Å². The van der Waals surface area contributed by atoms with E-state index in [2.05, 4.69) is 27.8 Å². The van der Waals surface area contributed by atoms with E-state index in [1.165, 1.54) is 5.69 Å². The molecule has 0 bridgehead atoms. The molecule has 1 N–H and O–H groups in total. The molecule has 2 aliphatic heterocycles. The van der Waals surface area contributed by atoms with Gasteiger partial charge in [-0.2, -0.15) is 0 Å². The summed E-state index contributed by atoms with van der Waals surface area (Å²) >= 11 is 5.37. The third-order valence-electron chi connectivity index (χ3n) is 3.69.